The maximum absolute atomic E-state index is 13.5. The minimum atomic E-state index is -3.93. The Morgan fingerprint density at radius 1 is 1.03 bits per heavy atom. The molecule has 2 rings (SSSR count). The smallest absolute Gasteiger partial charge is 0.277 e. The molecule has 5 nitrogen and oxygen atoms in total. The molecule has 0 N–H and O–H groups in total. The zero-order valence-corrected chi connectivity index (χ0v) is 22.0. The summed E-state index contributed by atoms with van der Waals surface area (Å²) in [6, 6.07) is 0. The first-order valence-electron chi connectivity index (χ1n) is 12.2. The van der Waals surface area contributed by atoms with Gasteiger partial charge in [-0.15, -0.1) is 10.3 Å². The van der Waals surface area contributed by atoms with E-state index in [1.165, 1.54) is 0 Å². The lowest BCUT2D eigenvalue weighted by Gasteiger charge is -2.41. The van der Waals surface area contributed by atoms with E-state index in [-0.39, 0.29) is 34.4 Å². The Morgan fingerprint density at radius 2 is 1.61 bits per heavy atom. The summed E-state index contributed by atoms with van der Waals surface area (Å²) in [5.41, 5.74) is -1.15. The first kappa shape index (κ1) is 26.8. The summed E-state index contributed by atoms with van der Waals surface area (Å²) < 4.78 is 33.1. The minimum Gasteiger partial charge on any atom is -0.299 e. The van der Waals surface area contributed by atoms with E-state index >= 15 is 0 Å². The molecular formula is C24H44O5S2. The van der Waals surface area contributed by atoms with Crippen molar-refractivity contribution in [3.8, 4) is 0 Å². The summed E-state index contributed by atoms with van der Waals surface area (Å²) in [6.45, 7) is 10.3. The van der Waals surface area contributed by atoms with E-state index in [1.807, 2.05) is 13.8 Å². The molecule has 0 amide bonds. The standard InChI is InChI=1S/C24H44O5S2/c1-6-9-12-21(25)18-30(15-10-7-2,16-11-8-3)29-31(27,28)19-24-14-13-20(17-22(24)26)23(24,4)5/h20H,6-19H2,1-5H3. The number of ketones is 2. The van der Waals surface area contributed by atoms with Crippen molar-refractivity contribution in [3.05, 3.63) is 0 Å². The van der Waals surface area contributed by atoms with Gasteiger partial charge in [0.05, 0.1) is 16.9 Å². The van der Waals surface area contributed by atoms with Crippen molar-refractivity contribution in [1.82, 2.24) is 0 Å². The molecule has 0 spiro atoms. The maximum atomic E-state index is 13.5. The van der Waals surface area contributed by atoms with Crippen molar-refractivity contribution >= 4 is 32.0 Å². The summed E-state index contributed by atoms with van der Waals surface area (Å²) in [7, 11) is -6.01. The van der Waals surface area contributed by atoms with Gasteiger partial charge in [-0.2, -0.15) is 8.42 Å². The summed E-state index contributed by atoms with van der Waals surface area (Å²) in [5.74, 6) is 1.78. The largest absolute Gasteiger partial charge is 0.299 e. The van der Waals surface area contributed by atoms with Crippen LogP contribution in [0.4, 0.5) is 0 Å². The molecule has 0 saturated heterocycles. The number of Topliss-reactive ketones (excluding diaryl/α,β-unsaturated/α-hetero) is 2. The summed E-state index contributed by atoms with van der Waals surface area (Å²) in [5, 5.41) is 0. The Labute approximate surface area is 192 Å². The SMILES string of the molecule is CCCCC(=O)CS(CCCC)(CCCC)OS(=O)(=O)CC12CCC(CC1=O)C2(C)C. The van der Waals surface area contributed by atoms with Crippen LogP contribution in [0.25, 0.3) is 0 Å². The van der Waals surface area contributed by atoms with E-state index in [9.17, 15) is 18.0 Å². The number of fused-ring (bicyclic) bond motifs is 2. The number of hydrogen-bond acceptors (Lipinski definition) is 5. The lowest BCUT2D eigenvalue weighted by Crippen LogP contribution is -2.43. The fraction of sp³-hybridized carbons (Fsp3) is 0.917. The van der Waals surface area contributed by atoms with E-state index in [0.29, 0.717) is 30.8 Å². The molecule has 0 aromatic rings. The van der Waals surface area contributed by atoms with Crippen LogP contribution in [0.5, 0.6) is 0 Å². The van der Waals surface area contributed by atoms with Gasteiger partial charge in [-0.05, 0) is 43.4 Å². The lowest BCUT2D eigenvalue weighted by molar-refractivity contribution is -0.128. The molecular weight excluding hydrogens is 432 g/mol. The average molecular weight is 477 g/mol. The molecule has 2 saturated carbocycles. The molecule has 182 valence electrons. The zero-order valence-electron chi connectivity index (χ0n) is 20.3. The second-order valence-corrected chi connectivity index (χ2v) is 15.3. The van der Waals surface area contributed by atoms with Crippen LogP contribution in [0.15, 0.2) is 0 Å². The molecule has 2 unspecified atom stereocenters. The van der Waals surface area contributed by atoms with E-state index in [0.717, 1.165) is 44.9 Å². The van der Waals surface area contributed by atoms with Crippen molar-refractivity contribution in [2.45, 2.75) is 98.8 Å². The van der Waals surface area contributed by atoms with Gasteiger partial charge in [-0.3, -0.25) is 9.59 Å². The molecule has 2 aliphatic rings. The van der Waals surface area contributed by atoms with Gasteiger partial charge in [0.1, 0.15) is 11.6 Å². The summed E-state index contributed by atoms with van der Waals surface area (Å²) in [6.07, 6.45) is 7.87. The Morgan fingerprint density at radius 3 is 2.06 bits per heavy atom. The van der Waals surface area contributed by atoms with Crippen LogP contribution in [0, 0.1) is 16.7 Å². The first-order chi connectivity index (χ1) is 14.5. The van der Waals surface area contributed by atoms with Crippen LogP contribution < -0.4 is 0 Å². The third-order valence-corrected chi connectivity index (χ3v) is 13.5. The summed E-state index contributed by atoms with van der Waals surface area (Å²) in [4.78, 5) is 25.6. The molecule has 2 atom stereocenters. The molecule has 7 heteroatoms. The number of rotatable bonds is 15. The molecule has 0 aliphatic heterocycles. The van der Waals surface area contributed by atoms with Crippen molar-refractivity contribution in [2.24, 2.45) is 16.7 Å². The third-order valence-electron chi connectivity index (χ3n) is 7.78. The van der Waals surface area contributed by atoms with Crippen LogP contribution in [-0.4, -0.2) is 43.0 Å². The highest BCUT2D eigenvalue weighted by atomic mass is 32.3. The number of carbonyl (C=O) groups is 2. The highest BCUT2D eigenvalue weighted by Gasteiger charge is 2.65. The Balaban J connectivity index is 2.29. The van der Waals surface area contributed by atoms with Gasteiger partial charge in [-0.25, -0.2) is 3.63 Å². The molecule has 0 heterocycles. The topological polar surface area (TPSA) is 77.5 Å². The van der Waals surface area contributed by atoms with E-state index in [1.54, 1.807) is 0 Å². The number of carbonyl (C=O) groups excluding carboxylic acids is 2. The van der Waals surface area contributed by atoms with Crippen molar-refractivity contribution in [2.75, 3.05) is 23.0 Å². The fourth-order valence-corrected chi connectivity index (χ4v) is 12.4. The van der Waals surface area contributed by atoms with Crippen LogP contribution in [0.1, 0.15) is 98.8 Å². The van der Waals surface area contributed by atoms with Crippen LogP contribution in [0.3, 0.4) is 0 Å². The van der Waals surface area contributed by atoms with Gasteiger partial charge in [0.2, 0.25) is 0 Å². The minimum absolute atomic E-state index is 0.0858. The van der Waals surface area contributed by atoms with Gasteiger partial charge in [0.15, 0.2) is 0 Å². The number of unbranched alkanes of at least 4 members (excludes halogenated alkanes) is 3. The maximum Gasteiger partial charge on any atom is 0.277 e. The van der Waals surface area contributed by atoms with Gasteiger partial charge in [-0.1, -0.05) is 53.9 Å². The molecule has 2 aliphatic carbocycles. The first-order valence-corrected chi connectivity index (χ1v) is 15.9. The molecule has 2 fully saturated rings. The predicted molar refractivity (Wildman–Crippen MR) is 130 cm³/mol. The molecule has 2 bridgehead atoms. The van der Waals surface area contributed by atoms with Crippen LogP contribution >= 0.6 is 10.3 Å². The molecule has 31 heavy (non-hydrogen) atoms. The molecule has 0 aromatic carbocycles. The van der Waals surface area contributed by atoms with Crippen LogP contribution in [-0.2, 0) is 23.3 Å². The third kappa shape index (κ3) is 5.94. The lowest BCUT2D eigenvalue weighted by atomic mass is 9.70. The highest BCUT2D eigenvalue weighted by molar-refractivity contribution is 8.33. The Hall–Kier alpha value is -0.400. The molecule has 0 aromatic heterocycles. The Kier molecular flexibility index (Phi) is 9.26. The van der Waals surface area contributed by atoms with Crippen molar-refractivity contribution in [1.29, 1.82) is 0 Å². The van der Waals surface area contributed by atoms with Gasteiger partial charge < -0.3 is 0 Å². The highest BCUT2D eigenvalue weighted by Crippen LogP contribution is 2.65. The fourth-order valence-electron chi connectivity index (χ4n) is 5.55. The van der Waals surface area contributed by atoms with E-state index in [2.05, 4.69) is 20.8 Å². The van der Waals surface area contributed by atoms with E-state index in [4.69, 9.17) is 3.63 Å². The van der Waals surface area contributed by atoms with Gasteiger partial charge >= 0.3 is 0 Å². The van der Waals surface area contributed by atoms with Crippen LogP contribution in [0.2, 0.25) is 0 Å². The quantitative estimate of drug-likeness (QED) is 0.298. The second kappa shape index (κ2) is 10.7. The Bertz CT molecular complexity index is 735. The van der Waals surface area contributed by atoms with Gasteiger partial charge in [0.25, 0.3) is 10.1 Å². The average Bonchev–Trinajstić information content (AvgIpc) is 3.02. The normalized spacial score (nSPS) is 25.8. The molecule has 0 radical (unpaired) electrons. The van der Waals surface area contributed by atoms with E-state index < -0.39 is 25.8 Å². The van der Waals surface area contributed by atoms with Crippen molar-refractivity contribution in [3.63, 3.8) is 0 Å². The predicted octanol–water partition coefficient (Wildman–Crippen LogP) is 5.81. The number of hydrogen-bond donors (Lipinski definition) is 0. The second-order valence-electron chi connectivity index (χ2n) is 10.3. The van der Waals surface area contributed by atoms with Crippen molar-refractivity contribution < 1.29 is 21.6 Å². The zero-order chi connectivity index (χ0) is 23.3. The summed E-state index contributed by atoms with van der Waals surface area (Å²) >= 11 is 0. The van der Waals surface area contributed by atoms with Gasteiger partial charge in [0, 0.05) is 24.3 Å². The monoisotopic (exact) mass is 476 g/mol.